The zero-order valence-corrected chi connectivity index (χ0v) is 20.0. The highest BCUT2D eigenvalue weighted by molar-refractivity contribution is 14.1. The largest absolute Gasteiger partial charge is 0.504 e. The maximum absolute atomic E-state index is 12.6. The van der Waals surface area contributed by atoms with Crippen LogP contribution >= 0.6 is 45.8 Å². The van der Waals surface area contributed by atoms with Crippen molar-refractivity contribution in [1.82, 2.24) is 10.7 Å². The number of phenols is 1. The standard InChI is InChI=1S/C20H20Cl2IN3O4/c1-10(2)17(25-19(28)13-5-4-12(21)8-14(13)22)20(29)26-24-9-11-6-15(23)18(27)16(7-11)30-3/h4-10,17,27H,1-3H3,(H,25,28)(H,26,29)/b24-9+. The number of phenolic OH excluding ortho intramolecular Hbond substituents is 1. The third kappa shape index (κ3) is 6.23. The molecule has 10 heteroatoms. The van der Waals surface area contributed by atoms with Gasteiger partial charge in [0.1, 0.15) is 6.04 Å². The molecule has 0 bridgehead atoms. The smallest absolute Gasteiger partial charge is 0.262 e. The second-order valence-electron chi connectivity index (χ2n) is 6.61. The summed E-state index contributed by atoms with van der Waals surface area (Å²) in [5, 5.41) is 17.1. The molecule has 0 aliphatic heterocycles. The molecule has 7 nitrogen and oxygen atoms in total. The predicted molar refractivity (Wildman–Crippen MR) is 126 cm³/mol. The molecule has 2 aromatic carbocycles. The van der Waals surface area contributed by atoms with Crippen molar-refractivity contribution in [2.24, 2.45) is 11.0 Å². The number of amides is 2. The van der Waals surface area contributed by atoms with E-state index >= 15 is 0 Å². The van der Waals surface area contributed by atoms with Crippen LogP contribution in [0, 0.1) is 9.49 Å². The van der Waals surface area contributed by atoms with Crippen LogP contribution in [0.15, 0.2) is 35.4 Å². The number of nitrogens with one attached hydrogen (secondary N) is 2. The Labute approximate surface area is 197 Å². The van der Waals surface area contributed by atoms with Crippen LogP contribution in [0.5, 0.6) is 11.5 Å². The van der Waals surface area contributed by atoms with Crippen molar-refractivity contribution in [3.8, 4) is 11.5 Å². The lowest BCUT2D eigenvalue weighted by molar-refractivity contribution is -0.123. The SMILES string of the molecule is COc1cc(/C=N/NC(=O)C(NC(=O)c2ccc(Cl)cc2Cl)C(C)C)cc(I)c1O. The van der Waals surface area contributed by atoms with Crippen molar-refractivity contribution in [3.05, 3.63) is 55.1 Å². The summed E-state index contributed by atoms with van der Waals surface area (Å²) in [7, 11) is 1.44. The number of ether oxygens (including phenoxy) is 1. The van der Waals surface area contributed by atoms with Crippen LogP contribution in [0.1, 0.15) is 29.8 Å². The predicted octanol–water partition coefficient (Wildman–Crippen LogP) is 4.22. The number of carbonyl (C=O) groups excluding carboxylic acids is 2. The van der Waals surface area contributed by atoms with E-state index in [1.165, 1.54) is 25.5 Å². The van der Waals surface area contributed by atoms with Crippen LogP contribution in [0.2, 0.25) is 10.0 Å². The summed E-state index contributed by atoms with van der Waals surface area (Å²) >= 11 is 13.9. The van der Waals surface area contributed by atoms with Gasteiger partial charge in [-0.05, 0) is 64.4 Å². The Balaban J connectivity index is 2.10. The molecule has 1 unspecified atom stereocenters. The first-order chi connectivity index (χ1) is 14.1. The van der Waals surface area contributed by atoms with Crippen molar-refractivity contribution < 1.29 is 19.4 Å². The summed E-state index contributed by atoms with van der Waals surface area (Å²) in [4.78, 5) is 25.1. The van der Waals surface area contributed by atoms with E-state index in [4.69, 9.17) is 27.9 Å². The number of carbonyl (C=O) groups is 2. The van der Waals surface area contributed by atoms with Gasteiger partial charge in [-0.1, -0.05) is 37.0 Å². The molecule has 2 amide bonds. The monoisotopic (exact) mass is 563 g/mol. The van der Waals surface area contributed by atoms with E-state index in [-0.39, 0.29) is 22.3 Å². The Bertz CT molecular complexity index is 983. The molecular formula is C20H20Cl2IN3O4. The summed E-state index contributed by atoms with van der Waals surface area (Å²) in [6, 6.07) is 6.92. The van der Waals surface area contributed by atoms with Crippen molar-refractivity contribution in [1.29, 1.82) is 0 Å². The number of methoxy groups -OCH3 is 1. The number of hydrogen-bond donors (Lipinski definition) is 3. The molecular weight excluding hydrogens is 544 g/mol. The third-order valence-corrected chi connectivity index (χ3v) is 5.44. The summed E-state index contributed by atoms with van der Waals surface area (Å²) in [5.41, 5.74) is 3.26. The Morgan fingerprint density at radius 3 is 2.53 bits per heavy atom. The first-order valence-electron chi connectivity index (χ1n) is 8.79. The average molecular weight is 564 g/mol. The number of rotatable bonds is 7. The minimum absolute atomic E-state index is 0.0303. The number of halogens is 3. The Morgan fingerprint density at radius 1 is 1.23 bits per heavy atom. The Morgan fingerprint density at radius 2 is 1.93 bits per heavy atom. The van der Waals surface area contributed by atoms with Crippen LogP contribution < -0.4 is 15.5 Å². The van der Waals surface area contributed by atoms with Gasteiger partial charge in [-0.25, -0.2) is 5.43 Å². The molecule has 0 spiro atoms. The summed E-state index contributed by atoms with van der Waals surface area (Å²) < 4.78 is 5.67. The van der Waals surface area contributed by atoms with E-state index in [0.717, 1.165) is 0 Å². The normalized spacial score (nSPS) is 12.1. The molecule has 0 aromatic heterocycles. The minimum Gasteiger partial charge on any atom is -0.504 e. The van der Waals surface area contributed by atoms with Crippen molar-refractivity contribution in [2.45, 2.75) is 19.9 Å². The van der Waals surface area contributed by atoms with Crippen molar-refractivity contribution in [3.63, 3.8) is 0 Å². The second-order valence-corrected chi connectivity index (χ2v) is 8.61. The highest BCUT2D eigenvalue weighted by atomic mass is 127. The maximum atomic E-state index is 12.6. The number of benzene rings is 2. The van der Waals surface area contributed by atoms with Crippen LogP contribution in [0.4, 0.5) is 0 Å². The molecule has 0 saturated heterocycles. The van der Waals surface area contributed by atoms with E-state index in [1.807, 2.05) is 22.6 Å². The number of hydrazone groups is 1. The molecule has 0 radical (unpaired) electrons. The fourth-order valence-electron chi connectivity index (χ4n) is 2.49. The third-order valence-electron chi connectivity index (χ3n) is 4.07. The molecule has 2 rings (SSSR count). The molecule has 160 valence electrons. The quantitative estimate of drug-likeness (QED) is 0.267. The van der Waals surface area contributed by atoms with Gasteiger partial charge in [-0.15, -0.1) is 0 Å². The highest BCUT2D eigenvalue weighted by Crippen LogP contribution is 2.31. The lowest BCUT2D eigenvalue weighted by Gasteiger charge is -2.20. The second kappa shape index (κ2) is 10.8. The molecule has 0 saturated carbocycles. The summed E-state index contributed by atoms with van der Waals surface area (Å²) in [6.07, 6.45) is 1.41. The Hall–Kier alpha value is -2.04. The molecule has 0 heterocycles. The zero-order chi connectivity index (χ0) is 22.4. The topological polar surface area (TPSA) is 100 Å². The van der Waals surface area contributed by atoms with Crippen LogP contribution in [0.25, 0.3) is 0 Å². The molecule has 0 fully saturated rings. The minimum atomic E-state index is -0.837. The van der Waals surface area contributed by atoms with Gasteiger partial charge in [0.2, 0.25) is 0 Å². The molecule has 0 aliphatic carbocycles. The zero-order valence-electron chi connectivity index (χ0n) is 16.4. The van der Waals surface area contributed by atoms with Gasteiger partial charge in [0, 0.05) is 5.02 Å². The lowest BCUT2D eigenvalue weighted by Crippen LogP contribution is -2.48. The molecule has 30 heavy (non-hydrogen) atoms. The fourth-order valence-corrected chi connectivity index (χ4v) is 3.61. The van der Waals surface area contributed by atoms with Gasteiger partial charge in [-0.2, -0.15) is 5.10 Å². The van der Waals surface area contributed by atoms with Gasteiger partial charge in [0.05, 0.1) is 27.5 Å². The lowest BCUT2D eigenvalue weighted by atomic mass is 10.0. The van der Waals surface area contributed by atoms with E-state index in [2.05, 4.69) is 15.8 Å². The van der Waals surface area contributed by atoms with E-state index in [1.54, 1.807) is 32.0 Å². The van der Waals surface area contributed by atoms with E-state index in [0.29, 0.717) is 19.9 Å². The number of nitrogens with zero attached hydrogens (tertiary/aromatic N) is 1. The van der Waals surface area contributed by atoms with Gasteiger partial charge < -0.3 is 15.2 Å². The maximum Gasteiger partial charge on any atom is 0.262 e. The molecule has 1 atom stereocenters. The molecule has 0 aliphatic rings. The fraction of sp³-hybridized carbons (Fsp3) is 0.250. The Kier molecular flexibility index (Phi) is 8.75. The average Bonchev–Trinajstić information content (AvgIpc) is 2.68. The molecule has 3 N–H and O–H groups in total. The van der Waals surface area contributed by atoms with Crippen LogP contribution in [0.3, 0.4) is 0 Å². The van der Waals surface area contributed by atoms with Gasteiger partial charge in [0.15, 0.2) is 11.5 Å². The van der Waals surface area contributed by atoms with Crippen molar-refractivity contribution >= 4 is 63.8 Å². The first-order valence-corrected chi connectivity index (χ1v) is 10.6. The highest BCUT2D eigenvalue weighted by Gasteiger charge is 2.25. The summed E-state index contributed by atoms with van der Waals surface area (Å²) in [6.45, 7) is 3.59. The van der Waals surface area contributed by atoms with E-state index in [9.17, 15) is 14.7 Å². The van der Waals surface area contributed by atoms with Gasteiger partial charge >= 0.3 is 0 Å². The number of aromatic hydroxyl groups is 1. The summed E-state index contributed by atoms with van der Waals surface area (Å²) in [5.74, 6) is -0.859. The van der Waals surface area contributed by atoms with Crippen molar-refractivity contribution in [2.75, 3.05) is 7.11 Å². The van der Waals surface area contributed by atoms with Crippen LogP contribution in [-0.2, 0) is 4.79 Å². The molecule has 2 aromatic rings. The van der Waals surface area contributed by atoms with E-state index < -0.39 is 17.9 Å². The van der Waals surface area contributed by atoms with Gasteiger partial charge in [0.25, 0.3) is 11.8 Å². The first kappa shape index (κ1) is 24.2. The van der Waals surface area contributed by atoms with Gasteiger partial charge in [-0.3, -0.25) is 9.59 Å². The van der Waals surface area contributed by atoms with Crippen LogP contribution in [-0.4, -0.2) is 36.3 Å². The number of hydrogen-bond acceptors (Lipinski definition) is 5.